The molecule has 176 valence electrons. The van der Waals surface area contributed by atoms with Gasteiger partial charge in [0.05, 0.1) is 48.2 Å². The number of imidazole rings is 1. The minimum absolute atomic E-state index is 0.0394. The first-order valence-corrected chi connectivity index (χ1v) is 11.9. The smallest absolute Gasteiger partial charge is 0.407 e. The third-order valence-corrected chi connectivity index (χ3v) is 5.90. The first-order chi connectivity index (χ1) is 15.5. The molecule has 12 heteroatoms. The van der Waals surface area contributed by atoms with Crippen LogP contribution in [0.4, 0.5) is 19.3 Å². The van der Waals surface area contributed by atoms with Gasteiger partial charge in [-0.25, -0.2) is 27.0 Å². The van der Waals surface area contributed by atoms with Crippen LogP contribution in [0, 0.1) is 18.6 Å². The third kappa shape index (κ3) is 4.91. The lowest BCUT2D eigenvalue weighted by Gasteiger charge is -2.31. The van der Waals surface area contributed by atoms with Crippen LogP contribution < -0.4 is 4.72 Å². The fourth-order valence-corrected chi connectivity index (χ4v) is 4.44. The van der Waals surface area contributed by atoms with Crippen molar-refractivity contribution in [2.75, 3.05) is 30.7 Å². The molecule has 4 rings (SSSR count). The van der Waals surface area contributed by atoms with Crippen LogP contribution in [-0.2, 0) is 21.2 Å². The van der Waals surface area contributed by atoms with Crippen LogP contribution in [0.5, 0.6) is 0 Å². The summed E-state index contributed by atoms with van der Waals surface area (Å²) in [6, 6.07) is 5.36. The summed E-state index contributed by atoms with van der Waals surface area (Å²) >= 11 is 0. The van der Waals surface area contributed by atoms with Crippen molar-refractivity contribution in [1.82, 2.24) is 14.3 Å². The van der Waals surface area contributed by atoms with E-state index in [1.165, 1.54) is 4.90 Å². The minimum Gasteiger partial charge on any atom is -0.465 e. The number of carbonyl (C=O) groups is 1. The van der Waals surface area contributed by atoms with E-state index in [9.17, 15) is 18.3 Å². The van der Waals surface area contributed by atoms with Crippen molar-refractivity contribution in [1.29, 1.82) is 0 Å². The summed E-state index contributed by atoms with van der Waals surface area (Å²) < 4.78 is 62.5. The number of halogens is 2. The molecule has 1 atom stereocenters. The Kier molecular flexibility index (Phi) is 5.97. The van der Waals surface area contributed by atoms with Crippen LogP contribution in [0.3, 0.4) is 0 Å². The number of rotatable bonds is 5. The van der Waals surface area contributed by atoms with E-state index in [1.807, 2.05) is 13.0 Å². The van der Waals surface area contributed by atoms with Crippen molar-refractivity contribution in [2.45, 2.75) is 19.4 Å². The number of benzene rings is 1. The zero-order chi connectivity index (χ0) is 23.9. The fraction of sp³-hybridized carbons (Fsp3) is 0.333. The zero-order valence-electron chi connectivity index (χ0n) is 17.9. The largest absolute Gasteiger partial charge is 0.465 e. The molecule has 1 aliphatic rings. The van der Waals surface area contributed by atoms with Crippen molar-refractivity contribution in [3.8, 4) is 11.3 Å². The molecule has 1 unspecified atom stereocenters. The fourth-order valence-electron chi connectivity index (χ4n) is 3.90. The number of aromatic nitrogens is 2. The lowest BCUT2D eigenvalue weighted by molar-refractivity contribution is -0.0214. The SMILES string of the molecule is Cc1ccn2c(CC3CN(C(=O)O)CCO3)c(-c3c(F)cc(NS(C)(=O)=O)cc3F)nc2c1. The first kappa shape index (κ1) is 22.9. The molecule has 3 aromatic rings. The first-order valence-electron chi connectivity index (χ1n) is 10.1. The van der Waals surface area contributed by atoms with Gasteiger partial charge in [0.2, 0.25) is 10.0 Å². The van der Waals surface area contributed by atoms with E-state index in [-0.39, 0.29) is 37.5 Å². The Labute approximate surface area is 188 Å². The van der Waals surface area contributed by atoms with E-state index >= 15 is 8.78 Å². The predicted octanol–water partition coefficient (Wildman–Crippen LogP) is 2.88. The molecule has 3 heterocycles. The highest BCUT2D eigenvalue weighted by atomic mass is 32.2. The average Bonchev–Trinajstić information content (AvgIpc) is 3.03. The number of morpholine rings is 1. The second-order valence-electron chi connectivity index (χ2n) is 7.95. The monoisotopic (exact) mass is 480 g/mol. The van der Waals surface area contributed by atoms with Crippen LogP contribution in [0.25, 0.3) is 16.9 Å². The Morgan fingerprint density at radius 2 is 2.00 bits per heavy atom. The number of fused-ring (bicyclic) bond motifs is 1. The number of nitrogens with one attached hydrogen (secondary N) is 1. The van der Waals surface area contributed by atoms with Crippen LogP contribution >= 0.6 is 0 Å². The second-order valence-corrected chi connectivity index (χ2v) is 9.70. The van der Waals surface area contributed by atoms with E-state index in [2.05, 4.69) is 9.71 Å². The summed E-state index contributed by atoms with van der Waals surface area (Å²) in [4.78, 5) is 17.0. The van der Waals surface area contributed by atoms with E-state index in [0.717, 1.165) is 24.0 Å². The number of anilines is 1. The number of hydrogen-bond donors (Lipinski definition) is 2. The van der Waals surface area contributed by atoms with Crippen LogP contribution in [0.2, 0.25) is 0 Å². The maximum atomic E-state index is 15.1. The van der Waals surface area contributed by atoms with Crippen molar-refractivity contribution in [3.05, 3.63) is 53.4 Å². The molecule has 0 aliphatic carbocycles. The lowest BCUT2D eigenvalue weighted by atomic mass is 10.0. The molecule has 1 saturated heterocycles. The standard InChI is InChI=1S/C21H22F2N4O5S/c1-12-3-4-27-17(10-14-11-26(21(28)29)5-6-32-14)20(24-18(27)7-12)19-15(22)8-13(9-16(19)23)25-33(2,30)31/h3-4,7-9,14,25H,5-6,10-11H2,1-2H3,(H,28,29). The van der Waals surface area contributed by atoms with Crippen LogP contribution in [0.1, 0.15) is 11.3 Å². The average molecular weight is 480 g/mol. The number of sulfonamides is 1. The maximum Gasteiger partial charge on any atom is 0.407 e. The molecular formula is C21H22F2N4O5S. The zero-order valence-corrected chi connectivity index (χ0v) is 18.7. The van der Waals surface area contributed by atoms with Gasteiger partial charge in [0, 0.05) is 19.2 Å². The topological polar surface area (TPSA) is 113 Å². The molecule has 0 radical (unpaired) electrons. The normalized spacial score (nSPS) is 16.8. The summed E-state index contributed by atoms with van der Waals surface area (Å²) in [5, 5.41) is 9.30. The summed E-state index contributed by atoms with van der Waals surface area (Å²) in [7, 11) is -3.73. The van der Waals surface area contributed by atoms with Gasteiger partial charge in [-0.15, -0.1) is 0 Å². The van der Waals surface area contributed by atoms with E-state index in [0.29, 0.717) is 11.3 Å². The van der Waals surface area contributed by atoms with Gasteiger partial charge in [0.15, 0.2) is 0 Å². The Balaban J connectivity index is 1.80. The second kappa shape index (κ2) is 8.60. The van der Waals surface area contributed by atoms with Gasteiger partial charge in [-0.3, -0.25) is 4.72 Å². The Hall–Kier alpha value is -3.25. The van der Waals surface area contributed by atoms with Gasteiger partial charge in [0.25, 0.3) is 0 Å². The maximum absolute atomic E-state index is 15.1. The Bertz CT molecular complexity index is 1320. The highest BCUT2D eigenvalue weighted by Gasteiger charge is 2.28. The van der Waals surface area contributed by atoms with Gasteiger partial charge in [-0.1, -0.05) is 0 Å². The quantitative estimate of drug-likeness (QED) is 0.581. The lowest BCUT2D eigenvalue weighted by Crippen LogP contribution is -2.45. The highest BCUT2D eigenvalue weighted by Crippen LogP contribution is 2.33. The minimum atomic E-state index is -3.73. The summed E-state index contributed by atoms with van der Waals surface area (Å²) in [6.07, 6.45) is 1.16. The molecule has 2 N–H and O–H groups in total. The molecule has 0 spiro atoms. The number of carboxylic acid groups (broad SMARTS) is 1. The predicted molar refractivity (Wildman–Crippen MR) is 117 cm³/mol. The molecule has 2 aromatic heterocycles. The molecule has 33 heavy (non-hydrogen) atoms. The van der Waals surface area contributed by atoms with E-state index in [4.69, 9.17) is 4.74 Å². The van der Waals surface area contributed by atoms with E-state index in [1.54, 1.807) is 16.7 Å². The number of amides is 1. The van der Waals surface area contributed by atoms with Crippen LogP contribution in [0.15, 0.2) is 30.5 Å². The molecule has 0 saturated carbocycles. The molecule has 1 aromatic carbocycles. The van der Waals surface area contributed by atoms with Gasteiger partial charge in [-0.05, 0) is 36.8 Å². The van der Waals surface area contributed by atoms with Gasteiger partial charge >= 0.3 is 6.09 Å². The van der Waals surface area contributed by atoms with Crippen molar-refractivity contribution >= 4 is 27.5 Å². The molecule has 1 fully saturated rings. The number of hydrogen-bond acceptors (Lipinski definition) is 5. The summed E-state index contributed by atoms with van der Waals surface area (Å²) in [6.45, 7) is 2.41. The van der Waals surface area contributed by atoms with Crippen molar-refractivity contribution < 1.29 is 31.8 Å². The number of nitrogens with zero attached hydrogens (tertiary/aromatic N) is 3. The van der Waals surface area contributed by atoms with Gasteiger partial charge < -0.3 is 19.1 Å². The Morgan fingerprint density at radius 3 is 2.64 bits per heavy atom. The number of pyridine rings is 1. The highest BCUT2D eigenvalue weighted by molar-refractivity contribution is 7.92. The molecule has 0 bridgehead atoms. The van der Waals surface area contributed by atoms with E-state index < -0.39 is 39.4 Å². The molecular weight excluding hydrogens is 458 g/mol. The van der Waals surface area contributed by atoms with Crippen molar-refractivity contribution in [3.63, 3.8) is 0 Å². The summed E-state index contributed by atoms with van der Waals surface area (Å²) in [5.74, 6) is -1.97. The number of aryl methyl sites for hydroxylation is 1. The van der Waals surface area contributed by atoms with Gasteiger partial charge in [0.1, 0.15) is 17.3 Å². The van der Waals surface area contributed by atoms with Crippen molar-refractivity contribution in [2.24, 2.45) is 0 Å². The van der Waals surface area contributed by atoms with Crippen LogP contribution in [-0.4, -0.2) is 66.0 Å². The van der Waals surface area contributed by atoms with Gasteiger partial charge in [-0.2, -0.15) is 0 Å². The molecule has 1 amide bonds. The summed E-state index contributed by atoms with van der Waals surface area (Å²) in [5.41, 5.74) is 1.19. The Morgan fingerprint density at radius 1 is 1.30 bits per heavy atom. The number of ether oxygens (including phenoxy) is 1. The molecule has 1 aliphatic heterocycles. The molecule has 9 nitrogen and oxygen atoms in total. The third-order valence-electron chi connectivity index (χ3n) is 5.29.